The number of hydrogen-bond donors (Lipinski definition) is 1. The third-order valence-electron chi connectivity index (χ3n) is 1.84. The second-order valence-electron chi connectivity index (χ2n) is 3.30. The van der Waals surface area contributed by atoms with Crippen LogP contribution < -0.4 is 5.32 Å². The van der Waals surface area contributed by atoms with E-state index in [0.717, 1.165) is 31.8 Å². The first-order chi connectivity index (χ1) is 5.70. The molecule has 3 heteroatoms. The molecule has 0 aromatic carbocycles. The standard InChI is InChI=1S/C9H16N2O/c1-8(2)7-9(12)11-5-3-10-4-6-11/h7,10H,3-6H2,1-2H3. The Morgan fingerprint density at radius 1 is 1.33 bits per heavy atom. The van der Waals surface area contributed by atoms with Gasteiger partial charge in [0.2, 0.25) is 5.91 Å². The molecule has 0 atom stereocenters. The Kier molecular flexibility index (Phi) is 3.29. The van der Waals surface area contributed by atoms with Gasteiger partial charge in [0, 0.05) is 32.3 Å². The lowest BCUT2D eigenvalue weighted by Gasteiger charge is -2.26. The van der Waals surface area contributed by atoms with Crippen molar-refractivity contribution >= 4 is 5.91 Å². The Morgan fingerprint density at radius 3 is 2.42 bits per heavy atom. The van der Waals surface area contributed by atoms with Gasteiger partial charge in [-0.1, -0.05) is 5.57 Å². The van der Waals surface area contributed by atoms with Crippen molar-refractivity contribution in [3.05, 3.63) is 11.6 Å². The fraction of sp³-hybridized carbons (Fsp3) is 0.667. The van der Waals surface area contributed by atoms with Crippen molar-refractivity contribution in [1.82, 2.24) is 10.2 Å². The summed E-state index contributed by atoms with van der Waals surface area (Å²) in [4.78, 5) is 13.3. The Bertz CT molecular complexity index is 189. The van der Waals surface area contributed by atoms with Crippen LogP contribution in [0, 0.1) is 0 Å². The highest BCUT2D eigenvalue weighted by Gasteiger charge is 2.12. The van der Waals surface area contributed by atoms with Crippen LogP contribution in [0.2, 0.25) is 0 Å². The quantitative estimate of drug-likeness (QED) is 0.574. The molecule has 1 saturated heterocycles. The first kappa shape index (κ1) is 9.26. The van der Waals surface area contributed by atoms with Gasteiger partial charge in [0.15, 0.2) is 0 Å². The van der Waals surface area contributed by atoms with E-state index in [-0.39, 0.29) is 5.91 Å². The normalized spacial score (nSPS) is 17.3. The topological polar surface area (TPSA) is 32.3 Å². The average molecular weight is 168 g/mol. The fourth-order valence-electron chi connectivity index (χ4n) is 1.22. The minimum absolute atomic E-state index is 0.150. The summed E-state index contributed by atoms with van der Waals surface area (Å²) >= 11 is 0. The van der Waals surface area contributed by atoms with Gasteiger partial charge in [0.1, 0.15) is 0 Å². The number of piperazine rings is 1. The molecule has 0 aliphatic carbocycles. The Labute approximate surface area is 73.4 Å². The maximum Gasteiger partial charge on any atom is 0.246 e. The number of carbonyl (C=O) groups excluding carboxylic acids is 1. The van der Waals surface area contributed by atoms with Crippen molar-refractivity contribution in [3.8, 4) is 0 Å². The highest BCUT2D eigenvalue weighted by molar-refractivity contribution is 5.88. The maximum atomic E-state index is 11.4. The van der Waals surface area contributed by atoms with Crippen LogP contribution in [0.5, 0.6) is 0 Å². The van der Waals surface area contributed by atoms with Crippen LogP contribution in [0.4, 0.5) is 0 Å². The molecule has 68 valence electrons. The molecule has 0 saturated carbocycles. The molecular weight excluding hydrogens is 152 g/mol. The molecule has 1 heterocycles. The SMILES string of the molecule is CC(C)=CC(=O)N1CCNCC1. The van der Waals surface area contributed by atoms with Gasteiger partial charge in [0.25, 0.3) is 0 Å². The van der Waals surface area contributed by atoms with Crippen LogP contribution >= 0.6 is 0 Å². The number of amides is 1. The minimum Gasteiger partial charge on any atom is -0.337 e. The number of nitrogens with one attached hydrogen (secondary N) is 1. The van der Waals surface area contributed by atoms with E-state index >= 15 is 0 Å². The zero-order valence-electron chi connectivity index (χ0n) is 7.76. The molecule has 0 aromatic rings. The summed E-state index contributed by atoms with van der Waals surface area (Å²) in [6.45, 7) is 7.40. The van der Waals surface area contributed by atoms with Gasteiger partial charge in [0.05, 0.1) is 0 Å². The highest BCUT2D eigenvalue weighted by atomic mass is 16.2. The van der Waals surface area contributed by atoms with Crippen LogP contribution in [-0.2, 0) is 4.79 Å². The van der Waals surface area contributed by atoms with E-state index < -0.39 is 0 Å². The summed E-state index contributed by atoms with van der Waals surface area (Å²) in [5.74, 6) is 0.150. The van der Waals surface area contributed by atoms with E-state index in [1.807, 2.05) is 18.7 Å². The summed E-state index contributed by atoms with van der Waals surface area (Å²) in [6, 6.07) is 0. The smallest absolute Gasteiger partial charge is 0.246 e. The van der Waals surface area contributed by atoms with Crippen molar-refractivity contribution in [2.45, 2.75) is 13.8 Å². The van der Waals surface area contributed by atoms with E-state index in [2.05, 4.69) is 5.32 Å². The lowest BCUT2D eigenvalue weighted by molar-refractivity contribution is -0.126. The second kappa shape index (κ2) is 4.26. The van der Waals surface area contributed by atoms with Crippen molar-refractivity contribution in [2.24, 2.45) is 0 Å². The lowest BCUT2D eigenvalue weighted by atomic mass is 10.3. The van der Waals surface area contributed by atoms with E-state index in [0.29, 0.717) is 0 Å². The largest absolute Gasteiger partial charge is 0.337 e. The molecule has 1 rings (SSSR count). The Hall–Kier alpha value is -0.830. The van der Waals surface area contributed by atoms with Gasteiger partial charge >= 0.3 is 0 Å². The van der Waals surface area contributed by atoms with E-state index in [9.17, 15) is 4.79 Å². The Morgan fingerprint density at radius 2 is 1.92 bits per heavy atom. The van der Waals surface area contributed by atoms with Gasteiger partial charge in [-0.25, -0.2) is 0 Å². The highest BCUT2D eigenvalue weighted by Crippen LogP contribution is 1.97. The summed E-state index contributed by atoms with van der Waals surface area (Å²) in [6.07, 6.45) is 1.70. The Balaban J connectivity index is 2.45. The number of hydrogen-bond acceptors (Lipinski definition) is 2. The van der Waals surface area contributed by atoms with Gasteiger partial charge < -0.3 is 10.2 Å². The monoisotopic (exact) mass is 168 g/mol. The predicted molar refractivity (Wildman–Crippen MR) is 48.9 cm³/mol. The van der Waals surface area contributed by atoms with Crippen LogP contribution in [0.15, 0.2) is 11.6 Å². The molecule has 0 aromatic heterocycles. The molecular formula is C9H16N2O. The third kappa shape index (κ3) is 2.66. The first-order valence-electron chi connectivity index (χ1n) is 4.34. The average Bonchev–Trinajstić information content (AvgIpc) is 2.05. The molecule has 3 nitrogen and oxygen atoms in total. The molecule has 0 radical (unpaired) electrons. The van der Waals surface area contributed by atoms with Gasteiger partial charge in [-0.3, -0.25) is 4.79 Å². The van der Waals surface area contributed by atoms with Crippen LogP contribution in [-0.4, -0.2) is 37.0 Å². The molecule has 0 bridgehead atoms. The van der Waals surface area contributed by atoms with Crippen LogP contribution in [0.25, 0.3) is 0 Å². The van der Waals surface area contributed by atoms with Crippen molar-refractivity contribution in [3.63, 3.8) is 0 Å². The number of rotatable bonds is 1. The second-order valence-corrected chi connectivity index (χ2v) is 3.30. The predicted octanol–water partition coefficient (Wildman–Crippen LogP) is 0.384. The molecule has 0 unspecified atom stereocenters. The lowest BCUT2D eigenvalue weighted by Crippen LogP contribution is -2.45. The van der Waals surface area contributed by atoms with Crippen LogP contribution in [0.1, 0.15) is 13.8 Å². The van der Waals surface area contributed by atoms with Gasteiger partial charge in [-0.15, -0.1) is 0 Å². The fourth-order valence-corrected chi connectivity index (χ4v) is 1.22. The van der Waals surface area contributed by atoms with Crippen molar-refractivity contribution in [2.75, 3.05) is 26.2 Å². The summed E-state index contributed by atoms with van der Waals surface area (Å²) < 4.78 is 0. The van der Waals surface area contributed by atoms with E-state index in [1.54, 1.807) is 6.08 Å². The summed E-state index contributed by atoms with van der Waals surface area (Å²) in [5, 5.41) is 3.21. The van der Waals surface area contributed by atoms with E-state index in [1.165, 1.54) is 0 Å². The third-order valence-corrected chi connectivity index (χ3v) is 1.84. The summed E-state index contributed by atoms with van der Waals surface area (Å²) in [7, 11) is 0. The van der Waals surface area contributed by atoms with Gasteiger partial charge in [-0.2, -0.15) is 0 Å². The maximum absolute atomic E-state index is 11.4. The molecule has 1 amide bonds. The summed E-state index contributed by atoms with van der Waals surface area (Å²) in [5.41, 5.74) is 1.07. The van der Waals surface area contributed by atoms with E-state index in [4.69, 9.17) is 0 Å². The van der Waals surface area contributed by atoms with Gasteiger partial charge in [-0.05, 0) is 13.8 Å². The molecule has 1 N–H and O–H groups in total. The molecule has 0 spiro atoms. The molecule has 1 aliphatic rings. The first-order valence-corrected chi connectivity index (χ1v) is 4.34. The minimum atomic E-state index is 0.150. The number of nitrogens with zero attached hydrogens (tertiary/aromatic N) is 1. The molecule has 12 heavy (non-hydrogen) atoms. The number of carbonyl (C=O) groups is 1. The number of allylic oxidation sites excluding steroid dienone is 1. The molecule has 1 aliphatic heterocycles. The van der Waals surface area contributed by atoms with Crippen molar-refractivity contribution < 1.29 is 4.79 Å². The van der Waals surface area contributed by atoms with Crippen LogP contribution in [0.3, 0.4) is 0 Å². The van der Waals surface area contributed by atoms with Crippen molar-refractivity contribution in [1.29, 1.82) is 0 Å². The molecule has 1 fully saturated rings. The zero-order chi connectivity index (χ0) is 8.97. The zero-order valence-corrected chi connectivity index (χ0v) is 7.76.